The molecule has 0 unspecified atom stereocenters. The summed E-state index contributed by atoms with van der Waals surface area (Å²) in [5.41, 5.74) is 0.982. The fourth-order valence-corrected chi connectivity index (χ4v) is 1.75. The van der Waals surface area contributed by atoms with Crippen LogP contribution in [0, 0.1) is 0 Å². The van der Waals surface area contributed by atoms with Crippen molar-refractivity contribution in [3.05, 3.63) is 36.5 Å². The minimum absolute atomic E-state index is 0.339. The molecule has 2 rings (SSSR count). The molecule has 0 saturated heterocycles. The summed E-state index contributed by atoms with van der Waals surface area (Å²) in [7, 11) is 0. The zero-order valence-corrected chi connectivity index (χ0v) is 10.3. The van der Waals surface area contributed by atoms with Crippen LogP contribution in [0.4, 0.5) is 13.2 Å². The Kier molecular flexibility index (Phi) is 3.78. The fraction of sp³-hybridized carbons (Fsp3) is 0.308. The lowest BCUT2D eigenvalue weighted by Crippen LogP contribution is -2.18. The Balaban J connectivity index is 2.40. The molecule has 0 fully saturated rings. The molecule has 0 spiro atoms. The van der Waals surface area contributed by atoms with Crippen molar-refractivity contribution >= 4 is 0 Å². The first-order chi connectivity index (χ1) is 8.99. The van der Waals surface area contributed by atoms with E-state index in [-0.39, 0.29) is 0 Å². The number of aromatic nitrogens is 2. The Morgan fingerprint density at radius 3 is 2.47 bits per heavy atom. The second kappa shape index (κ2) is 5.34. The van der Waals surface area contributed by atoms with Gasteiger partial charge < -0.3 is 4.74 Å². The molecule has 0 saturated carbocycles. The third-order valence-electron chi connectivity index (χ3n) is 2.48. The minimum atomic E-state index is -4.74. The quantitative estimate of drug-likeness (QED) is 0.843. The van der Waals surface area contributed by atoms with E-state index in [0.717, 1.165) is 6.42 Å². The van der Waals surface area contributed by atoms with Gasteiger partial charge in [-0.3, -0.25) is 4.68 Å². The first-order valence-corrected chi connectivity index (χ1v) is 5.88. The molecule has 0 amide bonds. The van der Waals surface area contributed by atoms with Gasteiger partial charge in [0.25, 0.3) is 0 Å². The average Bonchev–Trinajstić information content (AvgIpc) is 2.71. The smallest absolute Gasteiger partial charge is 0.386 e. The molecule has 6 heteroatoms. The van der Waals surface area contributed by atoms with Gasteiger partial charge in [0.2, 0.25) is 5.88 Å². The van der Waals surface area contributed by atoms with Gasteiger partial charge in [-0.25, -0.2) is 0 Å². The predicted octanol–water partition coefficient (Wildman–Crippen LogP) is 3.86. The van der Waals surface area contributed by atoms with Gasteiger partial charge in [0, 0.05) is 12.7 Å². The molecule has 0 N–H and O–H groups in total. The molecule has 1 heterocycles. The Morgan fingerprint density at radius 2 is 1.89 bits per heavy atom. The number of benzene rings is 1. The molecule has 0 aliphatic heterocycles. The Labute approximate surface area is 108 Å². The third-order valence-corrected chi connectivity index (χ3v) is 2.48. The van der Waals surface area contributed by atoms with Crippen molar-refractivity contribution in [1.29, 1.82) is 0 Å². The van der Waals surface area contributed by atoms with E-state index in [0.29, 0.717) is 17.7 Å². The number of aryl methyl sites for hydroxylation is 1. The van der Waals surface area contributed by atoms with E-state index >= 15 is 0 Å². The molecule has 1 aromatic heterocycles. The first kappa shape index (κ1) is 13.5. The number of nitrogens with zero attached hydrogens (tertiary/aromatic N) is 2. The lowest BCUT2D eigenvalue weighted by molar-refractivity contribution is -0.276. The van der Waals surface area contributed by atoms with Crippen molar-refractivity contribution in [3.63, 3.8) is 0 Å². The number of rotatable bonds is 4. The molecule has 0 atom stereocenters. The zero-order valence-electron chi connectivity index (χ0n) is 10.3. The molecule has 0 radical (unpaired) electrons. The van der Waals surface area contributed by atoms with Gasteiger partial charge in [0.1, 0.15) is 0 Å². The molecular formula is C13H13F3N2O. The number of hydrogen-bond acceptors (Lipinski definition) is 2. The summed E-state index contributed by atoms with van der Waals surface area (Å²) < 4.78 is 42.5. The zero-order chi connectivity index (χ0) is 13.9. The van der Waals surface area contributed by atoms with Crippen molar-refractivity contribution in [2.75, 3.05) is 0 Å². The van der Waals surface area contributed by atoms with E-state index in [9.17, 15) is 13.2 Å². The molecule has 2 aromatic rings. The number of hydrogen-bond donors (Lipinski definition) is 0. The van der Waals surface area contributed by atoms with Crippen LogP contribution in [0.3, 0.4) is 0 Å². The highest BCUT2D eigenvalue weighted by atomic mass is 19.4. The maximum absolute atomic E-state index is 12.4. The van der Waals surface area contributed by atoms with E-state index in [1.165, 1.54) is 4.68 Å². The summed E-state index contributed by atoms with van der Waals surface area (Å²) in [6.45, 7) is 2.47. The van der Waals surface area contributed by atoms with Crippen LogP contribution >= 0.6 is 0 Å². The van der Waals surface area contributed by atoms with Crippen molar-refractivity contribution in [2.24, 2.45) is 0 Å². The van der Waals surface area contributed by atoms with Gasteiger partial charge in [0.05, 0.1) is 5.56 Å². The average molecular weight is 270 g/mol. The van der Waals surface area contributed by atoms with Crippen LogP contribution in [-0.2, 0) is 6.54 Å². The number of halogens is 3. The molecule has 0 aliphatic carbocycles. The van der Waals surface area contributed by atoms with E-state index in [1.54, 1.807) is 36.5 Å². The molecule has 19 heavy (non-hydrogen) atoms. The van der Waals surface area contributed by atoms with Gasteiger partial charge in [-0.15, -0.1) is 18.3 Å². The highest BCUT2D eigenvalue weighted by Gasteiger charge is 2.33. The maximum atomic E-state index is 12.4. The van der Waals surface area contributed by atoms with Crippen molar-refractivity contribution in [2.45, 2.75) is 26.3 Å². The standard InChI is InChI=1S/C13H13F3N2O/c1-2-8-18-9-11(10-6-4-3-5-7-10)12(17-18)19-13(14,15)16/h3-7,9H,2,8H2,1H3. The monoisotopic (exact) mass is 270 g/mol. The molecule has 0 bridgehead atoms. The summed E-state index contributed by atoms with van der Waals surface area (Å²) in [6, 6.07) is 8.74. The second-order valence-corrected chi connectivity index (χ2v) is 4.02. The molecule has 102 valence electrons. The predicted molar refractivity (Wildman–Crippen MR) is 64.6 cm³/mol. The molecule has 1 aromatic carbocycles. The number of ether oxygens (including phenoxy) is 1. The number of alkyl halides is 3. The van der Waals surface area contributed by atoms with Crippen molar-refractivity contribution in [3.8, 4) is 17.0 Å². The Bertz CT molecular complexity index is 535. The van der Waals surface area contributed by atoms with Crippen LogP contribution < -0.4 is 4.74 Å². The highest BCUT2D eigenvalue weighted by molar-refractivity contribution is 5.67. The van der Waals surface area contributed by atoms with Crippen molar-refractivity contribution < 1.29 is 17.9 Å². The van der Waals surface area contributed by atoms with Gasteiger partial charge in [-0.2, -0.15) is 0 Å². The summed E-state index contributed by atoms with van der Waals surface area (Å²) in [5.74, 6) is -0.410. The highest BCUT2D eigenvalue weighted by Crippen LogP contribution is 2.32. The molecular weight excluding hydrogens is 257 g/mol. The van der Waals surface area contributed by atoms with Crippen molar-refractivity contribution in [1.82, 2.24) is 9.78 Å². The molecule has 3 nitrogen and oxygen atoms in total. The van der Waals surface area contributed by atoms with E-state index in [1.807, 2.05) is 6.92 Å². The first-order valence-electron chi connectivity index (χ1n) is 5.88. The minimum Gasteiger partial charge on any atom is -0.386 e. The SMILES string of the molecule is CCCn1cc(-c2ccccc2)c(OC(F)(F)F)n1. The largest absolute Gasteiger partial charge is 0.574 e. The summed E-state index contributed by atoms with van der Waals surface area (Å²) in [4.78, 5) is 0. The Morgan fingerprint density at radius 1 is 1.21 bits per heavy atom. The lowest BCUT2D eigenvalue weighted by atomic mass is 10.1. The second-order valence-electron chi connectivity index (χ2n) is 4.02. The summed E-state index contributed by atoms with van der Waals surface area (Å²) in [5, 5.41) is 3.84. The molecule has 0 aliphatic rings. The van der Waals surface area contributed by atoms with E-state index in [4.69, 9.17) is 0 Å². The van der Waals surface area contributed by atoms with E-state index in [2.05, 4.69) is 9.84 Å². The van der Waals surface area contributed by atoms with Crippen LogP contribution in [0.1, 0.15) is 13.3 Å². The van der Waals surface area contributed by atoms with Gasteiger partial charge in [-0.1, -0.05) is 37.3 Å². The maximum Gasteiger partial charge on any atom is 0.574 e. The van der Waals surface area contributed by atoms with E-state index < -0.39 is 12.2 Å². The summed E-state index contributed by atoms with van der Waals surface area (Å²) in [6.07, 6.45) is -2.39. The summed E-state index contributed by atoms with van der Waals surface area (Å²) >= 11 is 0. The lowest BCUT2D eigenvalue weighted by Gasteiger charge is -2.07. The topological polar surface area (TPSA) is 27.1 Å². The van der Waals surface area contributed by atoms with Crippen LogP contribution in [0.2, 0.25) is 0 Å². The van der Waals surface area contributed by atoms with Crippen LogP contribution in [0.15, 0.2) is 36.5 Å². The van der Waals surface area contributed by atoms with Crippen LogP contribution in [-0.4, -0.2) is 16.1 Å². The Hall–Kier alpha value is -1.98. The van der Waals surface area contributed by atoms with Gasteiger partial charge in [-0.05, 0) is 12.0 Å². The van der Waals surface area contributed by atoms with Gasteiger partial charge in [0.15, 0.2) is 0 Å². The van der Waals surface area contributed by atoms with Gasteiger partial charge >= 0.3 is 6.36 Å². The van der Waals surface area contributed by atoms with Crippen LogP contribution in [0.5, 0.6) is 5.88 Å². The fourth-order valence-electron chi connectivity index (χ4n) is 1.75. The third kappa shape index (κ3) is 3.49. The normalized spacial score (nSPS) is 11.6. The van der Waals surface area contributed by atoms with Crippen LogP contribution in [0.25, 0.3) is 11.1 Å².